The molecule has 0 spiro atoms. The van der Waals surface area contributed by atoms with Gasteiger partial charge in [-0.3, -0.25) is 29.5 Å². The number of hydrogen-bond donors (Lipinski definition) is 2. The summed E-state index contributed by atoms with van der Waals surface area (Å²) in [4.78, 5) is 66.7. The van der Waals surface area contributed by atoms with Crippen molar-refractivity contribution in [3.05, 3.63) is 142 Å². The third-order valence-corrected chi connectivity index (χ3v) is 13.4. The van der Waals surface area contributed by atoms with Crippen LogP contribution in [0.4, 0.5) is 41.7 Å². The molecular formula is C47H38Cl2F3N7O6. The Morgan fingerprint density at radius 3 is 2.15 bits per heavy atom. The normalized spacial score (nSPS) is 23.9. The fraction of sp³-hybridized carbons (Fsp3) is 0.255. The average Bonchev–Trinajstić information content (AvgIpc) is 3.66. The molecule has 332 valence electrons. The first kappa shape index (κ1) is 43.5. The van der Waals surface area contributed by atoms with E-state index in [1.165, 1.54) is 13.2 Å². The van der Waals surface area contributed by atoms with Crippen LogP contribution in [0.1, 0.15) is 35.4 Å². The number of fused-ring (bicyclic) bond motifs is 4. The molecular weight excluding hydrogens is 886 g/mol. The van der Waals surface area contributed by atoms with Gasteiger partial charge in [-0.05, 0) is 103 Å². The number of pyridine rings is 1. The lowest BCUT2D eigenvalue weighted by Gasteiger charge is -2.50. The van der Waals surface area contributed by atoms with Crippen LogP contribution in [0.15, 0.2) is 125 Å². The quantitative estimate of drug-likeness (QED) is 0.0835. The topological polar surface area (TPSA) is 157 Å². The van der Waals surface area contributed by atoms with Gasteiger partial charge in [0.05, 0.1) is 57.9 Å². The molecule has 0 radical (unpaired) electrons. The van der Waals surface area contributed by atoms with Crippen molar-refractivity contribution in [2.45, 2.75) is 30.4 Å². The van der Waals surface area contributed by atoms with Gasteiger partial charge in [-0.25, -0.2) is 4.98 Å². The van der Waals surface area contributed by atoms with Crippen molar-refractivity contribution in [2.75, 3.05) is 36.4 Å². The van der Waals surface area contributed by atoms with E-state index in [2.05, 4.69) is 20.6 Å². The highest BCUT2D eigenvalue weighted by Crippen LogP contribution is 2.66. The van der Waals surface area contributed by atoms with Gasteiger partial charge in [0.25, 0.3) is 11.8 Å². The van der Waals surface area contributed by atoms with Crippen molar-refractivity contribution < 1.29 is 42.2 Å². The van der Waals surface area contributed by atoms with Crippen LogP contribution >= 0.6 is 23.2 Å². The lowest BCUT2D eigenvalue weighted by Crippen LogP contribution is -2.53. The van der Waals surface area contributed by atoms with E-state index in [-0.39, 0.29) is 29.9 Å². The number of allylic oxidation sites excluding steroid dienone is 2. The number of benzene rings is 4. The van der Waals surface area contributed by atoms with Gasteiger partial charge in [-0.2, -0.15) is 28.4 Å². The van der Waals surface area contributed by atoms with Crippen LogP contribution in [0, 0.1) is 23.7 Å². The minimum absolute atomic E-state index is 0.0828. The smallest absolute Gasteiger partial charge is 0.417 e. The van der Waals surface area contributed by atoms with Crippen LogP contribution in [0.3, 0.4) is 0 Å². The summed E-state index contributed by atoms with van der Waals surface area (Å²) in [6, 6.07) is 25.5. The maximum absolute atomic E-state index is 15.5. The second-order valence-electron chi connectivity index (χ2n) is 16.5. The molecule has 1 aromatic heterocycles. The lowest BCUT2D eigenvalue weighted by atomic mass is 9.49. The Bertz CT molecular complexity index is 2820. The van der Waals surface area contributed by atoms with E-state index in [1.807, 2.05) is 49.3 Å². The number of amides is 4. The predicted molar refractivity (Wildman–Crippen MR) is 235 cm³/mol. The maximum Gasteiger partial charge on any atom is 0.417 e. The number of hydrazine groups is 1. The highest BCUT2D eigenvalue weighted by atomic mass is 35.5. The zero-order valence-corrected chi connectivity index (χ0v) is 36.3. The van der Waals surface area contributed by atoms with Gasteiger partial charge >= 0.3 is 6.18 Å². The lowest BCUT2D eigenvalue weighted by molar-refractivity contribution is -0.139. The molecule has 5 aromatic rings. The van der Waals surface area contributed by atoms with E-state index in [0.717, 1.165) is 10.6 Å². The van der Waals surface area contributed by atoms with E-state index in [9.17, 15) is 27.9 Å². The Kier molecular flexibility index (Phi) is 10.9. The second kappa shape index (κ2) is 16.3. The minimum Gasteiger partial charge on any atom is -0.508 e. The Morgan fingerprint density at radius 1 is 0.877 bits per heavy atom. The van der Waals surface area contributed by atoms with E-state index < -0.39 is 81.2 Å². The molecule has 4 aromatic carbocycles. The van der Waals surface area contributed by atoms with Crippen LogP contribution in [0.25, 0.3) is 0 Å². The first-order chi connectivity index (χ1) is 31.0. The summed E-state index contributed by atoms with van der Waals surface area (Å²) >= 11 is 12.7. The van der Waals surface area contributed by atoms with Crippen LogP contribution in [0.2, 0.25) is 10.0 Å². The van der Waals surface area contributed by atoms with Gasteiger partial charge in [0.1, 0.15) is 11.5 Å². The summed E-state index contributed by atoms with van der Waals surface area (Å²) in [5, 5.41) is 20.9. The number of phenolic OH excluding ortho intramolecular Hbond substituents is 1. The van der Waals surface area contributed by atoms with Crippen molar-refractivity contribution in [1.29, 1.82) is 0 Å². The van der Waals surface area contributed by atoms with Crippen molar-refractivity contribution >= 4 is 75.4 Å². The number of ether oxygens (including phenoxy) is 1. The van der Waals surface area contributed by atoms with Crippen LogP contribution in [-0.4, -0.2) is 59.9 Å². The number of carbonyl (C=O) groups is 4. The molecule has 2 aliphatic heterocycles. The number of carbonyl (C=O) groups excluding carboxylic acids is 4. The molecule has 18 heteroatoms. The summed E-state index contributed by atoms with van der Waals surface area (Å²) < 4.78 is 46.6. The Morgan fingerprint density at radius 2 is 1.54 bits per heavy atom. The van der Waals surface area contributed by atoms with Crippen molar-refractivity contribution in [1.82, 2.24) is 9.99 Å². The molecule has 13 nitrogen and oxygen atoms in total. The molecule has 3 fully saturated rings. The third kappa shape index (κ3) is 7.15. The summed E-state index contributed by atoms with van der Waals surface area (Å²) in [6.07, 6.45) is -2.49. The van der Waals surface area contributed by atoms with Gasteiger partial charge in [-0.1, -0.05) is 53.1 Å². The third-order valence-electron chi connectivity index (χ3n) is 12.9. The van der Waals surface area contributed by atoms with Gasteiger partial charge in [-0.15, -0.1) is 0 Å². The van der Waals surface area contributed by atoms with E-state index in [4.69, 9.17) is 27.9 Å². The van der Waals surface area contributed by atoms with Gasteiger partial charge in [0, 0.05) is 42.5 Å². The molecule has 9 rings (SSSR count). The number of aromatic hydroxyl groups is 1. The number of anilines is 3. The zero-order chi connectivity index (χ0) is 46.1. The molecule has 2 saturated heterocycles. The number of imide groups is 2. The molecule has 0 bridgehead atoms. The molecule has 4 amide bonds. The number of alkyl halides is 3. The molecule has 2 aliphatic carbocycles. The van der Waals surface area contributed by atoms with E-state index >= 15 is 9.59 Å². The summed E-state index contributed by atoms with van der Waals surface area (Å²) in [6.45, 7) is 0. The number of azo groups is 1. The molecule has 6 atom stereocenters. The van der Waals surface area contributed by atoms with E-state index in [0.29, 0.717) is 50.5 Å². The van der Waals surface area contributed by atoms with Gasteiger partial charge in [0.15, 0.2) is 5.82 Å². The number of nitrogens with one attached hydrogen (secondary N) is 1. The summed E-state index contributed by atoms with van der Waals surface area (Å²) in [5.41, 5.74) is 2.96. The van der Waals surface area contributed by atoms with Crippen molar-refractivity contribution in [3.63, 3.8) is 0 Å². The predicted octanol–water partition coefficient (Wildman–Crippen LogP) is 9.79. The Hall–Kier alpha value is -6.78. The fourth-order valence-electron chi connectivity index (χ4n) is 9.95. The summed E-state index contributed by atoms with van der Waals surface area (Å²) in [5.74, 6) is -8.29. The summed E-state index contributed by atoms with van der Waals surface area (Å²) in [7, 11) is 5.25. The number of rotatable bonds is 9. The number of methoxy groups -OCH3 is 1. The fourth-order valence-corrected chi connectivity index (χ4v) is 10.3. The largest absolute Gasteiger partial charge is 0.508 e. The molecule has 6 unspecified atom stereocenters. The number of aromatic nitrogens is 1. The number of phenols is 1. The van der Waals surface area contributed by atoms with Crippen LogP contribution in [0.5, 0.6) is 11.5 Å². The second-order valence-corrected chi connectivity index (χ2v) is 17.3. The van der Waals surface area contributed by atoms with Crippen LogP contribution in [-0.2, 0) is 30.8 Å². The molecule has 3 heterocycles. The maximum atomic E-state index is 15.5. The highest BCUT2D eigenvalue weighted by Gasteiger charge is 2.71. The standard InChI is InChI=1S/C47H38Cl2F3N7O6/c1-57(2)29-15-11-27(12-16-29)54-55-28-13-17-30(18-14-28)58-42(61)32-20-19-31-33(38(32)44(58)63)22-34-43(62)59(56-41-35(49)21-25(23-53-41)47(50,51)52)45(64)46(34,24-7-9-26(48)10-8-24)40(31)39-36(60)5-4-6-37(39)65-3/h4-19,21,23,32-34,38,40,60H,20,22H2,1-3H3,(H,53,56). The van der Waals surface area contributed by atoms with Crippen molar-refractivity contribution in [2.24, 2.45) is 33.9 Å². The minimum atomic E-state index is -4.78. The number of hydrogen-bond acceptors (Lipinski definition) is 11. The monoisotopic (exact) mass is 923 g/mol. The molecule has 2 N–H and O–H groups in total. The first-order valence-corrected chi connectivity index (χ1v) is 21.2. The van der Waals surface area contributed by atoms with Crippen molar-refractivity contribution in [3.8, 4) is 11.5 Å². The number of nitrogens with zero attached hydrogens (tertiary/aromatic N) is 6. The Labute approximate surface area is 380 Å². The number of halogens is 5. The van der Waals surface area contributed by atoms with Crippen LogP contribution < -0.4 is 20.0 Å². The molecule has 65 heavy (non-hydrogen) atoms. The average molecular weight is 925 g/mol. The molecule has 1 saturated carbocycles. The van der Waals surface area contributed by atoms with Gasteiger partial charge in [0.2, 0.25) is 11.8 Å². The van der Waals surface area contributed by atoms with E-state index in [1.54, 1.807) is 60.7 Å². The SMILES string of the molecule is COc1cccc(O)c1C1C2=CCC3C(=O)N(c4ccc(N=Nc5ccc(N(C)C)cc5)cc4)C(=O)C3C2CC2C(=O)N(Nc3ncc(C(F)(F)F)cc3Cl)C(=O)C21c1ccc(Cl)cc1. The molecule has 4 aliphatic rings. The zero-order valence-electron chi connectivity index (χ0n) is 34.8. The highest BCUT2D eigenvalue weighted by molar-refractivity contribution is 6.33. The first-order valence-electron chi connectivity index (χ1n) is 20.4. The van der Waals surface area contributed by atoms with Gasteiger partial charge < -0.3 is 14.7 Å². The Balaban J connectivity index is 1.13.